The molecule has 0 aromatic rings. The van der Waals surface area contributed by atoms with Crippen LogP contribution in [0, 0.1) is 5.92 Å². The van der Waals surface area contributed by atoms with Gasteiger partial charge < -0.3 is 4.90 Å². The highest BCUT2D eigenvalue weighted by atomic mass is 16.2. The maximum absolute atomic E-state index is 12.2. The molecule has 0 spiro atoms. The summed E-state index contributed by atoms with van der Waals surface area (Å²) in [6.45, 7) is 6.32. The van der Waals surface area contributed by atoms with Crippen LogP contribution in [0.3, 0.4) is 0 Å². The molecule has 0 aromatic carbocycles. The minimum absolute atomic E-state index is 0.00244. The Morgan fingerprint density at radius 2 is 1.94 bits per heavy atom. The molecule has 0 bridgehead atoms. The third-order valence-electron chi connectivity index (χ3n) is 4.50. The molecule has 1 saturated heterocycles. The van der Waals surface area contributed by atoms with Gasteiger partial charge in [0.2, 0.25) is 5.91 Å². The highest BCUT2D eigenvalue weighted by Gasteiger charge is 2.40. The Balaban J connectivity index is 2.08. The normalized spacial score (nSPS) is 33.1. The molecule has 2 fully saturated rings. The molecule has 3 atom stereocenters. The molecule has 17 heavy (non-hydrogen) atoms. The first kappa shape index (κ1) is 12.9. The molecule has 3 heteroatoms. The first-order chi connectivity index (χ1) is 8.15. The fourth-order valence-corrected chi connectivity index (χ4v) is 3.65. The molecule has 1 saturated carbocycles. The van der Waals surface area contributed by atoms with E-state index in [9.17, 15) is 4.79 Å². The summed E-state index contributed by atoms with van der Waals surface area (Å²) in [5.41, 5.74) is 0. The average Bonchev–Trinajstić information content (AvgIpc) is 2.58. The van der Waals surface area contributed by atoms with E-state index in [4.69, 9.17) is 0 Å². The highest BCUT2D eigenvalue weighted by Crippen LogP contribution is 2.32. The fourth-order valence-electron chi connectivity index (χ4n) is 3.65. The number of carbonyl (C=O) groups excluding carboxylic acids is 1. The second-order valence-corrected chi connectivity index (χ2v) is 5.68. The van der Waals surface area contributed by atoms with Crippen molar-refractivity contribution >= 4 is 5.91 Å². The van der Waals surface area contributed by atoms with Crippen molar-refractivity contribution in [1.29, 1.82) is 0 Å². The quantitative estimate of drug-likeness (QED) is 0.819. The van der Waals surface area contributed by atoms with E-state index in [1.54, 1.807) is 0 Å². The predicted octanol–water partition coefficient (Wildman–Crippen LogP) is 2.51. The van der Waals surface area contributed by atoms with Gasteiger partial charge in [0.1, 0.15) is 0 Å². The van der Waals surface area contributed by atoms with Gasteiger partial charge in [-0.3, -0.25) is 10.1 Å². The summed E-state index contributed by atoms with van der Waals surface area (Å²) in [6, 6.07) is 0.456. The van der Waals surface area contributed by atoms with Crippen molar-refractivity contribution in [2.45, 2.75) is 77.5 Å². The van der Waals surface area contributed by atoms with Crippen molar-refractivity contribution < 1.29 is 4.79 Å². The maximum Gasteiger partial charge on any atom is 0.240 e. The third kappa shape index (κ3) is 2.49. The largest absolute Gasteiger partial charge is 0.323 e. The molecule has 1 N–H and O–H groups in total. The molecular weight excluding hydrogens is 212 g/mol. The Morgan fingerprint density at radius 3 is 2.41 bits per heavy atom. The van der Waals surface area contributed by atoms with Crippen LogP contribution in [0.1, 0.15) is 59.3 Å². The van der Waals surface area contributed by atoms with Gasteiger partial charge in [-0.2, -0.15) is 0 Å². The molecule has 2 aliphatic rings. The van der Waals surface area contributed by atoms with Crippen LogP contribution in [-0.4, -0.2) is 29.1 Å². The molecule has 0 aromatic heterocycles. The number of carbonyl (C=O) groups is 1. The van der Waals surface area contributed by atoms with Crippen molar-refractivity contribution in [3.63, 3.8) is 0 Å². The Morgan fingerprint density at radius 1 is 1.29 bits per heavy atom. The third-order valence-corrected chi connectivity index (χ3v) is 4.50. The highest BCUT2D eigenvalue weighted by molar-refractivity contribution is 5.84. The number of rotatable bonds is 3. The Hall–Kier alpha value is -0.570. The number of nitrogens with zero attached hydrogens (tertiary/aromatic N) is 1. The molecule has 3 unspecified atom stereocenters. The Labute approximate surface area is 105 Å². The smallest absolute Gasteiger partial charge is 0.240 e. The van der Waals surface area contributed by atoms with E-state index in [0.717, 1.165) is 12.3 Å². The van der Waals surface area contributed by atoms with Crippen LogP contribution in [0.5, 0.6) is 0 Å². The van der Waals surface area contributed by atoms with Crippen LogP contribution in [0.25, 0.3) is 0 Å². The van der Waals surface area contributed by atoms with Crippen molar-refractivity contribution in [2.24, 2.45) is 5.92 Å². The van der Waals surface area contributed by atoms with E-state index in [2.05, 4.69) is 24.1 Å². The summed E-state index contributed by atoms with van der Waals surface area (Å²) in [5, 5.41) is 3.35. The van der Waals surface area contributed by atoms with Gasteiger partial charge in [-0.15, -0.1) is 0 Å². The summed E-state index contributed by atoms with van der Waals surface area (Å²) < 4.78 is 0. The van der Waals surface area contributed by atoms with Crippen LogP contribution >= 0.6 is 0 Å². The van der Waals surface area contributed by atoms with E-state index in [1.165, 1.54) is 32.1 Å². The first-order valence-corrected chi connectivity index (χ1v) is 7.23. The van der Waals surface area contributed by atoms with Gasteiger partial charge >= 0.3 is 0 Å². The topological polar surface area (TPSA) is 32.3 Å². The summed E-state index contributed by atoms with van der Waals surface area (Å²) in [5.74, 6) is 1.03. The van der Waals surface area contributed by atoms with E-state index < -0.39 is 0 Å². The predicted molar refractivity (Wildman–Crippen MR) is 69.6 cm³/mol. The maximum atomic E-state index is 12.2. The van der Waals surface area contributed by atoms with Gasteiger partial charge in [-0.25, -0.2) is 0 Å². The van der Waals surface area contributed by atoms with Crippen LogP contribution < -0.4 is 5.32 Å². The summed E-state index contributed by atoms with van der Waals surface area (Å²) in [6.07, 6.45) is 8.00. The lowest BCUT2D eigenvalue weighted by Gasteiger charge is -2.38. The lowest BCUT2D eigenvalue weighted by molar-refractivity contribution is -0.133. The minimum atomic E-state index is 0.00244. The van der Waals surface area contributed by atoms with Crippen LogP contribution in [0.4, 0.5) is 0 Å². The minimum Gasteiger partial charge on any atom is -0.323 e. The van der Waals surface area contributed by atoms with E-state index in [-0.39, 0.29) is 12.2 Å². The second kappa shape index (κ2) is 5.38. The van der Waals surface area contributed by atoms with Gasteiger partial charge in [0.15, 0.2) is 0 Å². The van der Waals surface area contributed by atoms with Gasteiger partial charge in [-0.1, -0.05) is 26.2 Å². The zero-order valence-corrected chi connectivity index (χ0v) is 11.4. The number of amides is 1. The molecule has 1 aliphatic heterocycles. The molecule has 1 amide bonds. The molecule has 1 heterocycles. The van der Waals surface area contributed by atoms with Gasteiger partial charge in [0.05, 0.1) is 12.2 Å². The van der Waals surface area contributed by atoms with E-state index >= 15 is 0 Å². The molecule has 1 aliphatic carbocycles. The summed E-state index contributed by atoms with van der Waals surface area (Å²) in [7, 11) is 0. The van der Waals surface area contributed by atoms with Crippen molar-refractivity contribution in [3.05, 3.63) is 0 Å². The number of nitrogens with one attached hydrogen (secondary N) is 1. The first-order valence-electron chi connectivity index (χ1n) is 7.23. The Bertz CT molecular complexity index is 273. The zero-order chi connectivity index (χ0) is 12.4. The number of hydrogen-bond acceptors (Lipinski definition) is 2. The van der Waals surface area contributed by atoms with Crippen LogP contribution in [0.2, 0.25) is 0 Å². The molecule has 2 rings (SSSR count). The number of hydrogen-bond donors (Lipinski definition) is 1. The zero-order valence-electron chi connectivity index (χ0n) is 11.4. The van der Waals surface area contributed by atoms with Gasteiger partial charge in [-0.05, 0) is 39.0 Å². The Kier molecular flexibility index (Phi) is 4.08. The van der Waals surface area contributed by atoms with E-state index in [1.807, 2.05) is 6.92 Å². The SMILES string of the molecule is CCC(C1CCCCC1)N1C(=O)C(C)NC1C. The lowest BCUT2D eigenvalue weighted by atomic mass is 9.82. The van der Waals surface area contributed by atoms with Gasteiger partial charge in [0, 0.05) is 6.04 Å². The fraction of sp³-hybridized carbons (Fsp3) is 0.929. The standard InChI is InChI=1S/C14H26N2O/c1-4-13(12-8-6-5-7-9-12)16-11(3)15-10(2)14(16)17/h10-13,15H,4-9H2,1-3H3. The van der Waals surface area contributed by atoms with E-state index in [0.29, 0.717) is 11.9 Å². The summed E-state index contributed by atoms with van der Waals surface area (Å²) in [4.78, 5) is 14.3. The van der Waals surface area contributed by atoms with Crippen LogP contribution in [-0.2, 0) is 4.79 Å². The van der Waals surface area contributed by atoms with Crippen LogP contribution in [0.15, 0.2) is 0 Å². The van der Waals surface area contributed by atoms with Crippen molar-refractivity contribution in [2.75, 3.05) is 0 Å². The molecule has 98 valence electrons. The summed E-state index contributed by atoms with van der Waals surface area (Å²) >= 11 is 0. The lowest BCUT2D eigenvalue weighted by Crippen LogP contribution is -2.47. The van der Waals surface area contributed by atoms with Crippen molar-refractivity contribution in [3.8, 4) is 0 Å². The van der Waals surface area contributed by atoms with Gasteiger partial charge in [0.25, 0.3) is 0 Å². The average molecular weight is 238 g/mol. The monoisotopic (exact) mass is 238 g/mol. The second-order valence-electron chi connectivity index (χ2n) is 5.68. The molecular formula is C14H26N2O. The molecule has 3 nitrogen and oxygen atoms in total. The molecule has 0 radical (unpaired) electrons. The van der Waals surface area contributed by atoms with Crippen molar-refractivity contribution in [1.82, 2.24) is 10.2 Å².